The third-order valence-electron chi connectivity index (χ3n) is 4.39. The van der Waals surface area contributed by atoms with Gasteiger partial charge in [0.05, 0.1) is 24.7 Å². The summed E-state index contributed by atoms with van der Waals surface area (Å²) in [5.41, 5.74) is 1.95. The Bertz CT molecular complexity index is 1020. The maximum absolute atomic E-state index is 12.0. The Morgan fingerprint density at radius 3 is 2.33 bits per heavy atom. The molecule has 0 saturated heterocycles. The first-order chi connectivity index (χ1) is 17.2. The molecule has 1 unspecified atom stereocenters. The fourth-order valence-electron chi connectivity index (χ4n) is 2.48. The SMILES string of the molecule is C=P(O)(OCCC(=O)O)Oc1cccc(COC(=O)CCc2ccccc2C#N)c1.CC.CCCC. The highest BCUT2D eigenvalue weighted by Crippen LogP contribution is 2.43. The average molecular weight is 520 g/mol. The molecule has 36 heavy (non-hydrogen) atoms. The number of carbonyl (C=O) groups is 2. The second-order valence-electron chi connectivity index (χ2n) is 7.28. The largest absolute Gasteiger partial charge is 0.481 e. The maximum Gasteiger partial charge on any atom is 0.306 e. The minimum absolute atomic E-state index is 0.00379. The van der Waals surface area contributed by atoms with Crippen molar-refractivity contribution >= 4 is 25.8 Å². The summed E-state index contributed by atoms with van der Waals surface area (Å²) < 4.78 is 15.6. The summed E-state index contributed by atoms with van der Waals surface area (Å²) in [6.07, 6.45) is 6.35. The van der Waals surface area contributed by atoms with Crippen molar-refractivity contribution in [3.8, 4) is 11.8 Å². The van der Waals surface area contributed by atoms with E-state index in [1.807, 2.05) is 19.9 Å². The van der Waals surface area contributed by atoms with E-state index >= 15 is 0 Å². The monoisotopic (exact) mass is 519 g/mol. The van der Waals surface area contributed by atoms with Gasteiger partial charge in [-0.2, -0.15) is 5.26 Å². The van der Waals surface area contributed by atoms with Crippen LogP contribution in [0.1, 0.15) is 70.1 Å². The summed E-state index contributed by atoms with van der Waals surface area (Å²) in [7, 11) is -3.48. The lowest BCUT2D eigenvalue weighted by Gasteiger charge is -2.19. The minimum atomic E-state index is -3.48. The van der Waals surface area contributed by atoms with E-state index in [9.17, 15) is 14.5 Å². The number of carboxylic acid groups (broad SMARTS) is 1. The second-order valence-corrected chi connectivity index (χ2v) is 9.00. The fraction of sp³-hybridized carbons (Fsp3) is 0.407. The topological polar surface area (TPSA) is 126 Å². The number of aliphatic carboxylic acids is 1. The molecule has 0 aliphatic carbocycles. The number of nitrogens with zero attached hydrogens (tertiary/aromatic N) is 1. The van der Waals surface area contributed by atoms with Crippen molar-refractivity contribution in [1.29, 1.82) is 5.26 Å². The number of rotatable bonds is 12. The molecule has 0 amide bonds. The Morgan fingerprint density at radius 1 is 1.06 bits per heavy atom. The van der Waals surface area contributed by atoms with Gasteiger partial charge in [0.1, 0.15) is 12.4 Å². The molecule has 0 bridgehead atoms. The van der Waals surface area contributed by atoms with E-state index in [0.29, 0.717) is 17.5 Å². The van der Waals surface area contributed by atoms with E-state index in [4.69, 9.17) is 24.2 Å². The van der Waals surface area contributed by atoms with E-state index in [1.54, 1.807) is 42.5 Å². The van der Waals surface area contributed by atoms with Crippen molar-refractivity contribution in [2.45, 2.75) is 66.4 Å². The summed E-state index contributed by atoms with van der Waals surface area (Å²) >= 11 is 0. The molecule has 8 nitrogen and oxygen atoms in total. The van der Waals surface area contributed by atoms with Gasteiger partial charge in [0.2, 0.25) is 0 Å². The lowest BCUT2D eigenvalue weighted by atomic mass is 10.0. The van der Waals surface area contributed by atoms with Crippen molar-refractivity contribution in [3.05, 3.63) is 65.2 Å². The van der Waals surface area contributed by atoms with Crippen LogP contribution in [0.15, 0.2) is 48.5 Å². The van der Waals surface area contributed by atoms with Gasteiger partial charge in [-0.3, -0.25) is 9.59 Å². The summed E-state index contributed by atoms with van der Waals surface area (Å²) in [6.45, 7) is 8.14. The molecule has 0 spiro atoms. The molecule has 0 radical (unpaired) electrons. The Labute approximate surface area is 214 Å². The van der Waals surface area contributed by atoms with E-state index in [0.717, 1.165) is 5.56 Å². The molecule has 2 aromatic rings. The lowest BCUT2D eigenvalue weighted by Crippen LogP contribution is -2.07. The number of ether oxygens (including phenoxy) is 1. The molecule has 0 aromatic heterocycles. The van der Waals surface area contributed by atoms with Crippen molar-refractivity contribution in [3.63, 3.8) is 0 Å². The molecule has 0 saturated carbocycles. The summed E-state index contributed by atoms with van der Waals surface area (Å²) in [6, 6.07) is 15.7. The molecule has 9 heteroatoms. The van der Waals surface area contributed by atoms with Gasteiger partial charge in [0.25, 0.3) is 7.57 Å². The highest BCUT2D eigenvalue weighted by molar-refractivity contribution is 7.59. The number of hydrogen-bond acceptors (Lipinski definition) is 7. The fourth-order valence-corrected chi connectivity index (χ4v) is 3.35. The van der Waals surface area contributed by atoms with Crippen LogP contribution in [0.25, 0.3) is 0 Å². The van der Waals surface area contributed by atoms with Crippen molar-refractivity contribution in [2.75, 3.05) is 6.61 Å². The summed E-state index contributed by atoms with van der Waals surface area (Å²) in [4.78, 5) is 32.6. The number of aryl methyl sites for hydroxylation is 1. The Morgan fingerprint density at radius 2 is 1.72 bits per heavy atom. The number of nitriles is 1. The average Bonchev–Trinajstić information content (AvgIpc) is 2.87. The van der Waals surface area contributed by atoms with Gasteiger partial charge in [0.15, 0.2) is 0 Å². The zero-order chi connectivity index (χ0) is 27.4. The number of benzene rings is 2. The highest BCUT2D eigenvalue weighted by Gasteiger charge is 2.15. The Balaban J connectivity index is 0.00000185. The van der Waals surface area contributed by atoms with Gasteiger partial charge in [0, 0.05) is 6.42 Å². The predicted octanol–water partition coefficient (Wildman–Crippen LogP) is 6.12. The van der Waals surface area contributed by atoms with Crippen molar-refractivity contribution < 1.29 is 33.4 Å². The smallest absolute Gasteiger partial charge is 0.306 e. The molecule has 1 atom stereocenters. The van der Waals surface area contributed by atoms with Gasteiger partial charge in [-0.1, -0.05) is 70.9 Å². The van der Waals surface area contributed by atoms with Crippen LogP contribution in [0.4, 0.5) is 0 Å². The summed E-state index contributed by atoms with van der Waals surface area (Å²) in [5.74, 6) is -1.21. The quantitative estimate of drug-likeness (QED) is 0.254. The van der Waals surface area contributed by atoms with Crippen LogP contribution in [-0.4, -0.2) is 34.8 Å². The molecule has 2 aromatic carbocycles. The van der Waals surface area contributed by atoms with Gasteiger partial charge < -0.3 is 23.8 Å². The number of unbranched alkanes of at least 4 members (excludes halogenated alkanes) is 1. The molecular formula is C27H38NO7P. The second kappa shape index (κ2) is 19.1. The third-order valence-corrected chi connectivity index (χ3v) is 5.47. The first-order valence-electron chi connectivity index (χ1n) is 11.9. The van der Waals surface area contributed by atoms with Crippen LogP contribution < -0.4 is 4.52 Å². The summed E-state index contributed by atoms with van der Waals surface area (Å²) in [5, 5.41) is 17.7. The molecule has 0 aliphatic heterocycles. The molecule has 0 aliphatic rings. The number of esters is 1. The zero-order valence-electron chi connectivity index (χ0n) is 21.6. The van der Waals surface area contributed by atoms with Crippen LogP contribution in [0.2, 0.25) is 0 Å². The standard InChI is InChI=1S/C21H22NO7P.C4H10.C2H6/c1-30(26,28-12-11-20(23)24)29-19-8-4-5-16(13-19)15-27-21(25)10-9-17-6-2-3-7-18(17)14-22;1-3-4-2;1-2/h2-8,13,26H,1,9-12,15H2,(H,23,24);3-4H2,1-2H3;1-2H3. The molecule has 2 N–H and O–H groups in total. The Hall–Kier alpha value is -3.11. The first-order valence-corrected chi connectivity index (χ1v) is 13.7. The van der Waals surface area contributed by atoms with Gasteiger partial charge >= 0.3 is 11.9 Å². The Kier molecular flexibility index (Phi) is 17.5. The first kappa shape index (κ1) is 32.9. The predicted molar refractivity (Wildman–Crippen MR) is 143 cm³/mol. The van der Waals surface area contributed by atoms with Crippen LogP contribution in [0.3, 0.4) is 0 Å². The van der Waals surface area contributed by atoms with Crippen LogP contribution in [0, 0.1) is 11.3 Å². The van der Waals surface area contributed by atoms with Gasteiger partial charge in [-0.15, -0.1) is 0 Å². The third kappa shape index (κ3) is 15.0. The van der Waals surface area contributed by atoms with Crippen LogP contribution in [0.5, 0.6) is 5.75 Å². The van der Waals surface area contributed by atoms with E-state index < -0.39 is 19.5 Å². The zero-order valence-corrected chi connectivity index (χ0v) is 22.5. The van der Waals surface area contributed by atoms with Gasteiger partial charge in [-0.05, 0) is 42.0 Å². The number of carbonyl (C=O) groups excluding carboxylic acids is 1. The molecular weight excluding hydrogens is 481 g/mol. The molecule has 2 rings (SSSR count). The van der Waals surface area contributed by atoms with Crippen LogP contribution >= 0.6 is 7.57 Å². The van der Waals surface area contributed by atoms with Crippen molar-refractivity contribution in [1.82, 2.24) is 0 Å². The van der Waals surface area contributed by atoms with Crippen LogP contribution in [-0.2, 0) is 31.9 Å². The van der Waals surface area contributed by atoms with E-state index in [-0.39, 0.29) is 31.8 Å². The number of hydrogen-bond donors (Lipinski definition) is 2. The normalized spacial score (nSPS) is 11.3. The van der Waals surface area contributed by atoms with E-state index in [2.05, 4.69) is 26.2 Å². The molecule has 0 heterocycles. The van der Waals surface area contributed by atoms with Crippen molar-refractivity contribution in [2.24, 2.45) is 0 Å². The highest BCUT2D eigenvalue weighted by atomic mass is 31.2. The molecule has 0 fully saturated rings. The van der Waals surface area contributed by atoms with E-state index in [1.165, 1.54) is 12.8 Å². The minimum Gasteiger partial charge on any atom is -0.481 e. The maximum atomic E-state index is 12.0. The number of carboxylic acids is 1. The molecule has 198 valence electrons. The lowest BCUT2D eigenvalue weighted by molar-refractivity contribution is -0.145. The van der Waals surface area contributed by atoms with Gasteiger partial charge in [-0.25, -0.2) is 0 Å².